The molecule has 0 saturated carbocycles. The molecule has 32 heavy (non-hydrogen) atoms. The molecule has 0 radical (unpaired) electrons. The lowest BCUT2D eigenvalue weighted by Crippen LogP contribution is -2.10. The van der Waals surface area contributed by atoms with Crippen LogP contribution in [0, 0.1) is 11.3 Å². The number of nitrogens with zero attached hydrogens (tertiary/aromatic N) is 2. The predicted molar refractivity (Wildman–Crippen MR) is 137 cm³/mol. The maximum atomic E-state index is 10.0. The number of thioether (sulfide) groups is 1. The van der Waals surface area contributed by atoms with E-state index in [1.807, 2.05) is 41.8 Å². The Bertz CT molecular complexity index is 1250. The van der Waals surface area contributed by atoms with Gasteiger partial charge in [0.1, 0.15) is 11.1 Å². The van der Waals surface area contributed by atoms with Crippen LogP contribution < -0.4 is 0 Å². The van der Waals surface area contributed by atoms with Gasteiger partial charge in [-0.25, -0.2) is 4.98 Å². The van der Waals surface area contributed by atoms with Crippen LogP contribution >= 0.6 is 34.7 Å². The van der Waals surface area contributed by atoms with E-state index in [-0.39, 0.29) is 5.41 Å². The Morgan fingerprint density at radius 1 is 1.03 bits per heavy atom. The molecule has 0 amide bonds. The number of thiophene rings is 1. The molecule has 0 unspecified atom stereocenters. The van der Waals surface area contributed by atoms with Gasteiger partial charge in [0.2, 0.25) is 0 Å². The standard InChI is InChI=1S/C27H23ClN2S2/c1-27(2,3)20-10-6-18(7-11-20)17-32-26-23(16-29)22(19-8-12-21(28)13-9-19)15-24(30-26)25-5-4-14-31-25/h4-15H,17H2,1-3H3. The Hall–Kier alpha value is -2.58. The fourth-order valence-electron chi connectivity index (χ4n) is 3.39. The van der Waals surface area contributed by atoms with Crippen LogP contribution in [0.2, 0.25) is 5.02 Å². The minimum Gasteiger partial charge on any atom is -0.239 e. The summed E-state index contributed by atoms with van der Waals surface area (Å²) < 4.78 is 0. The van der Waals surface area contributed by atoms with Crippen LogP contribution in [-0.4, -0.2) is 4.98 Å². The van der Waals surface area contributed by atoms with Crippen molar-refractivity contribution in [2.45, 2.75) is 37.0 Å². The maximum Gasteiger partial charge on any atom is 0.116 e. The molecule has 4 aromatic rings. The summed E-state index contributed by atoms with van der Waals surface area (Å²) in [5.74, 6) is 0.750. The molecule has 0 aliphatic rings. The molecule has 2 nitrogen and oxygen atoms in total. The van der Waals surface area contributed by atoms with Crippen molar-refractivity contribution < 1.29 is 0 Å². The lowest BCUT2D eigenvalue weighted by atomic mass is 9.87. The Labute approximate surface area is 202 Å². The maximum absolute atomic E-state index is 10.0. The molecule has 5 heteroatoms. The number of pyridine rings is 1. The van der Waals surface area contributed by atoms with Crippen molar-refractivity contribution in [2.24, 2.45) is 0 Å². The van der Waals surface area contributed by atoms with Crippen molar-refractivity contribution in [3.05, 3.63) is 93.8 Å². The normalized spacial score (nSPS) is 11.3. The molecule has 0 aliphatic carbocycles. The van der Waals surface area contributed by atoms with Gasteiger partial charge >= 0.3 is 0 Å². The first kappa shape index (κ1) is 22.6. The Morgan fingerprint density at radius 3 is 2.34 bits per heavy atom. The molecular formula is C27H23ClN2S2. The number of hydrogen-bond donors (Lipinski definition) is 0. The van der Waals surface area contributed by atoms with Gasteiger partial charge in [-0.05, 0) is 51.8 Å². The molecule has 2 aromatic heterocycles. The SMILES string of the molecule is CC(C)(C)c1ccc(CSc2nc(-c3cccs3)cc(-c3ccc(Cl)cc3)c2C#N)cc1. The van der Waals surface area contributed by atoms with Gasteiger partial charge in [0.15, 0.2) is 0 Å². The average molecular weight is 475 g/mol. The summed E-state index contributed by atoms with van der Waals surface area (Å²) in [6, 6.07) is 24.8. The average Bonchev–Trinajstić information content (AvgIpc) is 3.32. The summed E-state index contributed by atoms with van der Waals surface area (Å²) >= 11 is 9.35. The third-order valence-electron chi connectivity index (χ3n) is 5.22. The van der Waals surface area contributed by atoms with Crippen molar-refractivity contribution in [1.29, 1.82) is 5.26 Å². The van der Waals surface area contributed by atoms with E-state index in [0.717, 1.165) is 32.5 Å². The van der Waals surface area contributed by atoms with Crippen LogP contribution in [0.4, 0.5) is 0 Å². The summed E-state index contributed by atoms with van der Waals surface area (Å²) in [7, 11) is 0. The fraction of sp³-hybridized carbons (Fsp3) is 0.185. The first-order chi connectivity index (χ1) is 15.3. The topological polar surface area (TPSA) is 36.7 Å². The van der Waals surface area contributed by atoms with Crippen molar-refractivity contribution >= 4 is 34.7 Å². The van der Waals surface area contributed by atoms with Gasteiger partial charge in [-0.1, -0.05) is 74.8 Å². The van der Waals surface area contributed by atoms with Crippen LogP contribution in [0.15, 0.2) is 77.1 Å². The highest BCUT2D eigenvalue weighted by atomic mass is 35.5. The van der Waals surface area contributed by atoms with E-state index in [4.69, 9.17) is 16.6 Å². The molecule has 160 valence electrons. The van der Waals surface area contributed by atoms with Crippen LogP contribution in [0.1, 0.15) is 37.5 Å². The first-order valence-electron chi connectivity index (χ1n) is 10.3. The van der Waals surface area contributed by atoms with Crippen LogP contribution in [-0.2, 0) is 11.2 Å². The smallest absolute Gasteiger partial charge is 0.116 e. The van der Waals surface area contributed by atoms with E-state index in [2.05, 4.69) is 57.2 Å². The number of nitriles is 1. The minimum absolute atomic E-state index is 0.129. The van der Waals surface area contributed by atoms with Crippen molar-refractivity contribution in [3.63, 3.8) is 0 Å². The van der Waals surface area contributed by atoms with E-state index in [0.29, 0.717) is 10.6 Å². The molecule has 0 aliphatic heterocycles. The molecule has 0 saturated heterocycles. The van der Waals surface area contributed by atoms with Gasteiger partial charge in [-0.3, -0.25) is 0 Å². The highest BCUT2D eigenvalue weighted by molar-refractivity contribution is 7.98. The lowest BCUT2D eigenvalue weighted by molar-refractivity contribution is 0.590. The molecule has 2 aromatic carbocycles. The predicted octanol–water partition coefficient (Wildman–Crippen LogP) is 8.59. The summed E-state index contributed by atoms with van der Waals surface area (Å²) in [4.78, 5) is 5.97. The Balaban J connectivity index is 1.72. The number of halogens is 1. The highest BCUT2D eigenvalue weighted by Gasteiger charge is 2.17. The van der Waals surface area contributed by atoms with Crippen molar-refractivity contribution in [1.82, 2.24) is 4.98 Å². The molecule has 0 N–H and O–H groups in total. The van der Waals surface area contributed by atoms with E-state index < -0.39 is 0 Å². The van der Waals surface area contributed by atoms with Gasteiger partial charge < -0.3 is 0 Å². The number of aromatic nitrogens is 1. The number of rotatable bonds is 5. The van der Waals surface area contributed by atoms with Crippen molar-refractivity contribution in [3.8, 4) is 27.8 Å². The third kappa shape index (κ3) is 5.07. The van der Waals surface area contributed by atoms with Crippen molar-refractivity contribution in [2.75, 3.05) is 0 Å². The quantitative estimate of drug-likeness (QED) is 0.272. The molecule has 0 fully saturated rings. The molecular weight excluding hydrogens is 452 g/mol. The first-order valence-corrected chi connectivity index (χ1v) is 12.6. The molecule has 0 spiro atoms. The molecule has 0 bridgehead atoms. The van der Waals surface area contributed by atoms with E-state index in [1.54, 1.807) is 23.1 Å². The summed E-state index contributed by atoms with van der Waals surface area (Å²) in [5, 5.41) is 13.5. The Morgan fingerprint density at radius 2 is 1.75 bits per heavy atom. The summed E-state index contributed by atoms with van der Waals surface area (Å²) in [6.07, 6.45) is 0. The summed E-state index contributed by atoms with van der Waals surface area (Å²) in [6.45, 7) is 6.65. The van der Waals surface area contributed by atoms with E-state index in [9.17, 15) is 5.26 Å². The van der Waals surface area contributed by atoms with Crippen LogP contribution in [0.3, 0.4) is 0 Å². The number of benzene rings is 2. The van der Waals surface area contributed by atoms with Gasteiger partial charge in [-0.2, -0.15) is 5.26 Å². The monoisotopic (exact) mass is 474 g/mol. The van der Waals surface area contributed by atoms with Crippen LogP contribution in [0.5, 0.6) is 0 Å². The van der Waals surface area contributed by atoms with Crippen LogP contribution in [0.25, 0.3) is 21.7 Å². The molecule has 4 rings (SSSR count). The second-order valence-corrected chi connectivity index (χ2v) is 10.9. The van der Waals surface area contributed by atoms with E-state index >= 15 is 0 Å². The lowest BCUT2D eigenvalue weighted by Gasteiger charge is -2.19. The molecule has 2 heterocycles. The second kappa shape index (κ2) is 9.50. The largest absolute Gasteiger partial charge is 0.239 e. The minimum atomic E-state index is 0.129. The fourth-order valence-corrected chi connectivity index (χ4v) is 5.17. The van der Waals surface area contributed by atoms with E-state index in [1.165, 1.54) is 11.1 Å². The zero-order valence-corrected chi connectivity index (χ0v) is 20.6. The highest BCUT2D eigenvalue weighted by Crippen LogP contribution is 2.37. The number of hydrogen-bond acceptors (Lipinski definition) is 4. The zero-order chi connectivity index (χ0) is 22.7. The summed E-state index contributed by atoms with van der Waals surface area (Å²) in [5.41, 5.74) is 5.98. The van der Waals surface area contributed by atoms with Gasteiger partial charge in [0.25, 0.3) is 0 Å². The van der Waals surface area contributed by atoms with Gasteiger partial charge in [0, 0.05) is 16.3 Å². The third-order valence-corrected chi connectivity index (χ3v) is 7.41. The Kier molecular flexibility index (Phi) is 6.71. The molecule has 0 atom stereocenters. The second-order valence-electron chi connectivity index (χ2n) is 8.57. The zero-order valence-electron chi connectivity index (χ0n) is 18.2. The van der Waals surface area contributed by atoms with Gasteiger partial charge in [-0.15, -0.1) is 23.1 Å². The van der Waals surface area contributed by atoms with Gasteiger partial charge in [0.05, 0.1) is 16.1 Å².